The molecule has 1 aliphatic heterocycles. The minimum atomic E-state index is -0.181. The summed E-state index contributed by atoms with van der Waals surface area (Å²) in [5.41, 5.74) is 2.41. The molecule has 1 fully saturated rings. The topological polar surface area (TPSA) is 75.2 Å². The maximum absolute atomic E-state index is 12.4. The second-order valence-corrected chi connectivity index (χ2v) is 6.97. The summed E-state index contributed by atoms with van der Waals surface area (Å²) >= 11 is 1.12. The van der Waals surface area contributed by atoms with Crippen LogP contribution in [0.5, 0.6) is 0 Å². The predicted molar refractivity (Wildman–Crippen MR) is 97.8 cm³/mol. The van der Waals surface area contributed by atoms with Crippen LogP contribution in [0.25, 0.3) is 0 Å². The van der Waals surface area contributed by atoms with Crippen molar-refractivity contribution in [2.75, 3.05) is 18.4 Å². The van der Waals surface area contributed by atoms with Crippen molar-refractivity contribution < 1.29 is 9.59 Å². The Balaban J connectivity index is 1.59. The molecule has 0 bridgehead atoms. The van der Waals surface area contributed by atoms with Crippen molar-refractivity contribution in [2.45, 2.75) is 39.0 Å². The molecule has 132 valence electrons. The van der Waals surface area contributed by atoms with Crippen LogP contribution in [-0.4, -0.2) is 39.4 Å². The first-order valence-corrected chi connectivity index (χ1v) is 9.44. The van der Waals surface area contributed by atoms with Gasteiger partial charge in [-0.1, -0.05) is 30.0 Å². The van der Waals surface area contributed by atoms with E-state index in [1.807, 2.05) is 36.1 Å². The quantitative estimate of drug-likeness (QED) is 0.861. The standard InChI is InChI=1S/C18H22N4O2S/c1-2-5-15-17(25-21-20-15)18(24)19-14-8-6-13(7-9-14)12-16(23)22-10-3-4-11-22/h6-9H,2-5,10-12H2,1H3,(H,19,24). The third-order valence-electron chi connectivity index (χ3n) is 4.27. The van der Waals surface area contributed by atoms with Gasteiger partial charge in [0, 0.05) is 18.8 Å². The highest BCUT2D eigenvalue weighted by Crippen LogP contribution is 2.17. The van der Waals surface area contributed by atoms with Gasteiger partial charge in [-0.2, -0.15) is 0 Å². The molecule has 1 aromatic carbocycles. The van der Waals surface area contributed by atoms with Gasteiger partial charge in [-0.15, -0.1) is 5.10 Å². The summed E-state index contributed by atoms with van der Waals surface area (Å²) in [6.45, 7) is 3.79. The van der Waals surface area contributed by atoms with Gasteiger partial charge in [0.15, 0.2) is 0 Å². The molecule has 7 heteroatoms. The molecule has 1 saturated heterocycles. The smallest absolute Gasteiger partial charge is 0.269 e. The normalized spacial score (nSPS) is 13.9. The van der Waals surface area contributed by atoms with E-state index >= 15 is 0 Å². The average Bonchev–Trinajstić information content (AvgIpc) is 3.28. The number of amides is 2. The van der Waals surface area contributed by atoms with Crippen LogP contribution in [0.3, 0.4) is 0 Å². The van der Waals surface area contributed by atoms with Gasteiger partial charge in [-0.25, -0.2) is 0 Å². The maximum atomic E-state index is 12.4. The summed E-state index contributed by atoms with van der Waals surface area (Å²) in [4.78, 5) is 27.0. The van der Waals surface area contributed by atoms with Gasteiger partial charge in [-0.05, 0) is 48.5 Å². The second kappa shape index (κ2) is 8.20. The Kier molecular flexibility index (Phi) is 5.75. The number of hydrogen-bond acceptors (Lipinski definition) is 5. The fraction of sp³-hybridized carbons (Fsp3) is 0.444. The number of carbonyl (C=O) groups excluding carboxylic acids is 2. The van der Waals surface area contributed by atoms with Crippen molar-refractivity contribution in [3.8, 4) is 0 Å². The van der Waals surface area contributed by atoms with Gasteiger partial charge in [0.2, 0.25) is 5.91 Å². The van der Waals surface area contributed by atoms with E-state index in [-0.39, 0.29) is 11.8 Å². The monoisotopic (exact) mass is 358 g/mol. The highest BCUT2D eigenvalue weighted by Gasteiger charge is 2.18. The van der Waals surface area contributed by atoms with Crippen LogP contribution in [0.1, 0.15) is 47.1 Å². The average molecular weight is 358 g/mol. The van der Waals surface area contributed by atoms with E-state index in [0.717, 1.165) is 61.6 Å². The van der Waals surface area contributed by atoms with E-state index in [0.29, 0.717) is 17.0 Å². The van der Waals surface area contributed by atoms with Gasteiger partial charge in [0.25, 0.3) is 5.91 Å². The number of carbonyl (C=O) groups is 2. The lowest BCUT2D eigenvalue weighted by Gasteiger charge is -2.15. The van der Waals surface area contributed by atoms with E-state index < -0.39 is 0 Å². The van der Waals surface area contributed by atoms with E-state index in [4.69, 9.17) is 0 Å². The number of nitrogens with zero attached hydrogens (tertiary/aromatic N) is 3. The molecule has 1 N–H and O–H groups in total. The Bertz CT molecular complexity index is 736. The lowest BCUT2D eigenvalue weighted by atomic mass is 10.1. The van der Waals surface area contributed by atoms with Gasteiger partial charge >= 0.3 is 0 Å². The van der Waals surface area contributed by atoms with Crippen LogP contribution in [0.2, 0.25) is 0 Å². The Hall–Kier alpha value is -2.28. The number of aromatic nitrogens is 2. The molecule has 0 unspecified atom stereocenters. The fourth-order valence-electron chi connectivity index (χ4n) is 2.93. The first kappa shape index (κ1) is 17.5. The third kappa shape index (κ3) is 4.42. The minimum absolute atomic E-state index is 0.175. The molecule has 6 nitrogen and oxygen atoms in total. The largest absolute Gasteiger partial charge is 0.342 e. The Labute approximate surface area is 151 Å². The molecule has 1 aliphatic rings. The van der Waals surface area contributed by atoms with Crippen molar-refractivity contribution >= 4 is 29.0 Å². The van der Waals surface area contributed by atoms with Crippen molar-refractivity contribution in [1.82, 2.24) is 14.5 Å². The van der Waals surface area contributed by atoms with Crippen molar-refractivity contribution in [3.05, 3.63) is 40.4 Å². The third-order valence-corrected chi connectivity index (χ3v) is 5.04. The summed E-state index contributed by atoms with van der Waals surface area (Å²) in [5, 5.41) is 6.89. The van der Waals surface area contributed by atoms with E-state index in [1.54, 1.807) is 0 Å². The Morgan fingerprint density at radius 2 is 1.92 bits per heavy atom. The van der Waals surface area contributed by atoms with Crippen LogP contribution >= 0.6 is 11.5 Å². The molecule has 2 amide bonds. The summed E-state index contributed by atoms with van der Waals surface area (Å²) in [5.74, 6) is -0.00595. The van der Waals surface area contributed by atoms with Crippen LogP contribution in [0.4, 0.5) is 5.69 Å². The van der Waals surface area contributed by atoms with Gasteiger partial charge in [-0.3, -0.25) is 9.59 Å². The number of nitrogens with one attached hydrogen (secondary N) is 1. The highest BCUT2D eigenvalue weighted by atomic mass is 32.1. The number of hydrogen-bond donors (Lipinski definition) is 1. The molecule has 2 heterocycles. The van der Waals surface area contributed by atoms with Gasteiger partial charge in [0.1, 0.15) is 4.88 Å². The molecule has 0 aliphatic carbocycles. The van der Waals surface area contributed by atoms with E-state index in [9.17, 15) is 9.59 Å². The SMILES string of the molecule is CCCc1nnsc1C(=O)Nc1ccc(CC(=O)N2CCCC2)cc1. The number of likely N-dealkylation sites (tertiary alicyclic amines) is 1. The summed E-state index contributed by atoms with van der Waals surface area (Å²) < 4.78 is 3.88. The fourth-order valence-corrected chi connectivity index (χ4v) is 3.53. The molecule has 0 saturated carbocycles. The molecule has 0 atom stereocenters. The number of anilines is 1. The molecule has 2 aromatic rings. The second-order valence-electron chi connectivity index (χ2n) is 6.21. The maximum Gasteiger partial charge on any atom is 0.269 e. The zero-order chi connectivity index (χ0) is 17.6. The van der Waals surface area contributed by atoms with Gasteiger partial charge < -0.3 is 10.2 Å². The zero-order valence-electron chi connectivity index (χ0n) is 14.3. The Morgan fingerprint density at radius 3 is 2.60 bits per heavy atom. The molecule has 0 spiro atoms. The molecule has 3 rings (SSSR count). The first-order chi connectivity index (χ1) is 12.2. The summed E-state index contributed by atoms with van der Waals surface area (Å²) in [6, 6.07) is 7.44. The summed E-state index contributed by atoms with van der Waals surface area (Å²) in [6.07, 6.45) is 4.28. The highest BCUT2D eigenvalue weighted by molar-refractivity contribution is 7.08. The molecule has 1 aromatic heterocycles. The predicted octanol–water partition coefficient (Wildman–Crippen LogP) is 2.91. The molecule has 25 heavy (non-hydrogen) atoms. The van der Waals surface area contributed by atoms with Crippen LogP contribution in [-0.2, 0) is 17.6 Å². The first-order valence-electron chi connectivity index (χ1n) is 8.66. The van der Waals surface area contributed by atoms with Crippen molar-refractivity contribution in [3.63, 3.8) is 0 Å². The lowest BCUT2D eigenvalue weighted by Crippen LogP contribution is -2.29. The lowest BCUT2D eigenvalue weighted by molar-refractivity contribution is -0.129. The number of benzene rings is 1. The van der Waals surface area contributed by atoms with E-state index in [2.05, 4.69) is 14.9 Å². The van der Waals surface area contributed by atoms with Crippen LogP contribution in [0.15, 0.2) is 24.3 Å². The van der Waals surface area contributed by atoms with Crippen LogP contribution < -0.4 is 5.32 Å². The molecular formula is C18H22N4O2S. The molecular weight excluding hydrogens is 336 g/mol. The number of rotatable bonds is 6. The zero-order valence-corrected chi connectivity index (χ0v) is 15.1. The Morgan fingerprint density at radius 1 is 1.20 bits per heavy atom. The summed E-state index contributed by atoms with van der Waals surface area (Å²) in [7, 11) is 0. The number of aryl methyl sites for hydroxylation is 1. The van der Waals surface area contributed by atoms with Crippen molar-refractivity contribution in [1.29, 1.82) is 0 Å². The van der Waals surface area contributed by atoms with Crippen molar-refractivity contribution in [2.24, 2.45) is 0 Å². The van der Waals surface area contributed by atoms with E-state index in [1.165, 1.54) is 0 Å². The van der Waals surface area contributed by atoms with Crippen LogP contribution in [0, 0.1) is 0 Å². The minimum Gasteiger partial charge on any atom is -0.342 e. The molecule has 0 radical (unpaired) electrons. The van der Waals surface area contributed by atoms with Gasteiger partial charge in [0.05, 0.1) is 12.1 Å².